The molecule has 1 unspecified atom stereocenters. The molecule has 8 rings (SSSR count). The highest BCUT2D eigenvalue weighted by molar-refractivity contribution is 8.15. The van der Waals surface area contributed by atoms with Crippen LogP contribution in [0.5, 0.6) is 0 Å². The normalized spacial score (nSPS) is 33.9. The van der Waals surface area contributed by atoms with Crippen LogP contribution in [-0.4, -0.2) is 20.7 Å². The lowest BCUT2D eigenvalue weighted by atomic mass is 9.49. The molecule has 4 bridgehead atoms. The third-order valence-corrected chi connectivity index (χ3v) is 14.3. The molecule has 0 amide bonds. The maximum absolute atomic E-state index is 7.09. The van der Waals surface area contributed by atoms with E-state index in [4.69, 9.17) is 16.3 Å². The molecular weight excluding hydrogens is 539 g/mol. The fourth-order valence-electron chi connectivity index (χ4n) is 9.91. The summed E-state index contributed by atoms with van der Waals surface area (Å²) >= 11 is 6.70. The van der Waals surface area contributed by atoms with Gasteiger partial charge in [0.2, 0.25) is 0 Å². The summed E-state index contributed by atoms with van der Waals surface area (Å²) in [7, 11) is 4.40. The van der Waals surface area contributed by atoms with Gasteiger partial charge in [0.05, 0.1) is 6.61 Å². The lowest BCUT2D eigenvalue weighted by Crippen LogP contribution is -2.46. The predicted molar refractivity (Wildman–Crippen MR) is 177 cm³/mol. The molecule has 218 valence electrons. The van der Waals surface area contributed by atoms with Crippen molar-refractivity contribution < 1.29 is 4.52 Å². The van der Waals surface area contributed by atoms with E-state index in [1.54, 1.807) is 0 Å². The van der Waals surface area contributed by atoms with Crippen LogP contribution in [0.2, 0.25) is 0 Å². The molecule has 41 heavy (non-hydrogen) atoms. The van der Waals surface area contributed by atoms with Gasteiger partial charge in [-0.2, -0.15) is 0 Å². The van der Waals surface area contributed by atoms with Crippen molar-refractivity contribution >= 4 is 29.4 Å². The van der Waals surface area contributed by atoms with Gasteiger partial charge in [0.1, 0.15) is 6.26 Å². The summed E-state index contributed by atoms with van der Waals surface area (Å²) in [5.74, 6) is 7.65. The molecule has 4 fully saturated rings. The number of para-hydroxylation sites is 2. The summed E-state index contributed by atoms with van der Waals surface area (Å²) in [4.78, 5) is 4.71. The van der Waals surface area contributed by atoms with Gasteiger partial charge in [-0.25, -0.2) is 0 Å². The Morgan fingerprint density at radius 1 is 0.756 bits per heavy atom. The number of rotatable bonds is 6. The molecule has 0 spiro atoms. The van der Waals surface area contributed by atoms with Crippen molar-refractivity contribution in [2.24, 2.45) is 23.2 Å². The van der Waals surface area contributed by atoms with E-state index in [1.165, 1.54) is 78.8 Å². The van der Waals surface area contributed by atoms with Gasteiger partial charge in [-0.15, -0.1) is 0 Å². The second kappa shape index (κ2) is 9.57. The van der Waals surface area contributed by atoms with Gasteiger partial charge in [-0.1, -0.05) is 75.9 Å². The van der Waals surface area contributed by atoms with Crippen molar-refractivity contribution in [1.82, 2.24) is 0 Å². The maximum Gasteiger partial charge on any atom is 0.113 e. The van der Waals surface area contributed by atoms with Gasteiger partial charge in [0, 0.05) is 47.7 Å². The van der Waals surface area contributed by atoms with Crippen LogP contribution in [0.15, 0.2) is 71.6 Å². The van der Waals surface area contributed by atoms with Crippen molar-refractivity contribution in [1.29, 1.82) is 0 Å². The van der Waals surface area contributed by atoms with Crippen LogP contribution in [0.1, 0.15) is 83.8 Å². The van der Waals surface area contributed by atoms with E-state index < -0.39 is 6.26 Å². The average Bonchev–Trinajstić information content (AvgIpc) is 3.22. The van der Waals surface area contributed by atoms with Crippen molar-refractivity contribution in [3.63, 3.8) is 0 Å². The minimum absolute atomic E-state index is 0.128. The van der Waals surface area contributed by atoms with Gasteiger partial charge in [0.15, 0.2) is 0 Å². The Labute approximate surface area is 253 Å². The Balaban J connectivity index is 1.25. The van der Waals surface area contributed by atoms with Crippen LogP contribution in [0.3, 0.4) is 0 Å². The van der Waals surface area contributed by atoms with Gasteiger partial charge in [-0.3, -0.25) is 0 Å². The highest BCUT2D eigenvalue weighted by atomic mass is 32.4. The van der Waals surface area contributed by atoms with Crippen molar-refractivity contribution in [2.75, 3.05) is 30.5 Å². The quantitative estimate of drug-likeness (QED) is 0.313. The van der Waals surface area contributed by atoms with E-state index in [9.17, 15) is 0 Å². The summed E-state index contributed by atoms with van der Waals surface area (Å²) in [6.07, 6.45) is 7.39. The molecule has 0 radical (unpaired) electrons. The number of anilines is 2. The van der Waals surface area contributed by atoms with Gasteiger partial charge >= 0.3 is 0 Å². The van der Waals surface area contributed by atoms with Crippen LogP contribution in [-0.2, 0) is 27.2 Å². The Hall–Kier alpha value is -1.87. The average molecular weight is 587 g/mol. The Kier molecular flexibility index (Phi) is 6.52. The molecular formula is C36H47N2OPS. The summed E-state index contributed by atoms with van der Waals surface area (Å²) in [6, 6.07) is 17.6. The second-order valence-corrected chi connectivity index (χ2v) is 18.9. The van der Waals surface area contributed by atoms with Gasteiger partial charge in [0.25, 0.3) is 0 Å². The minimum Gasteiger partial charge on any atom is -0.347 e. The molecule has 2 aromatic rings. The molecule has 5 heteroatoms. The van der Waals surface area contributed by atoms with Crippen LogP contribution in [0, 0.1) is 23.2 Å². The van der Waals surface area contributed by atoms with E-state index in [2.05, 4.69) is 112 Å². The molecule has 2 heterocycles. The summed E-state index contributed by atoms with van der Waals surface area (Å²) < 4.78 is 7.09. The van der Waals surface area contributed by atoms with E-state index in [0.29, 0.717) is 5.41 Å². The highest BCUT2D eigenvalue weighted by Gasteiger charge is 2.50. The number of likely N-dealkylation sites (N-methyl/N-ethyl adjacent to an activating group) is 2. The topological polar surface area (TPSA) is 15.7 Å². The van der Waals surface area contributed by atoms with E-state index >= 15 is 0 Å². The zero-order valence-electron chi connectivity index (χ0n) is 25.8. The smallest absolute Gasteiger partial charge is 0.113 e. The van der Waals surface area contributed by atoms with Crippen molar-refractivity contribution in [2.45, 2.75) is 83.5 Å². The highest BCUT2D eigenvalue weighted by Crippen LogP contribution is 2.63. The molecule has 1 atom stereocenters. The third-order valence-electron chi connectivity index (χ3n) is 11.6. The number of benzene rings is 2. The second-order valence-electron chi connectivity index (χ2n) is 15.1. The number of fused-ring (bicyclic) bond motifs is 2. The molecule has 2 aromatic carbocycles. The first-order chi connectivity index (χ1) is 19.4. The number of hydrogen-bond acceptors (Lipinski definition) is 4. The lowest BCUT2D eigenvalue weighted by Gasteiger charge is -2.57. The van der Waals surface area contributed by atoms with Gasteiger partial charge < -0.3 is 14.3 Å². The molecule has 2 aliphatic heterocycles. The molecule has 0 N–H and O–H groups in total. The summed E-state index contributed by atoms with van der Waals surface area (Å²) in [5, 5.41) is 0. The predicted octanol–water partition coefficient (Wildman–Crippen LogP) is 9.54. The zero-order valence-corrected chi connectivity index (χ0v) is 27.5. The first-order valence-electron chi connectivity index (χ1n) is 15.8. The monoisotopic (exact) mass is 586 g/mol. The Bertz CT molecular complexity index is 1370. The lowest BCUT2D eigenvalue weighted by molar-refractivity contribution is -0.0617. The molecule has 4 aliphatic carbocycles. The summed E-state index contributed by atoms with van der Waals surface area (Å²) in [6.45, 7) is 10.1. The standard InChI is InChI=1S/C36H47N2OPS/c1-34(2)28-11-7-9-13-30(28)37(5)32(34)23-40(41,24-33-35(3,4)29-12-8-10-14-31(29)38(33)6)39-16-15-36-20-25-17-26(21-36)19-27(18-25)22-36/h7-14,23-27H,15-22H2,1-6H3/b32-23+,33-24?. The number of allylic oxidation sites excluding steroid dienone is 2. The number of hydrogen-bond donors (Lipinski definition) is 0. The fraction of sp³-hybridized carbons (Fsp3) is 0.556. The summed E-state index contributed by atoms with van der Waals surface area (Å²) in [5.41, 5.74) is 8.05. The molecule has 6 aliphatic rings. The maximum atomic E-state index is 7.09. The third kappa shape index (κ3) is 4.50. The van der Waals surface area contributed by atoms with Gasteiger partial charge in [-0.05, 0) is 103 Å². The van der Waals surface area contributed by atoms with E-state index in [1.807, 2.05) is 0 Å². The van der Waals surface area contributed by atoms with E-state index in [0.717, 1.165) is 24.4 Å². The molecule has 4 saturated carbocycles. The zero-order chi connectivity index (χ0) is 28.8. The van der Waals surface area contributed by atoms with Crippen LogP contribution < -0.4 is 9.80 Å². The molecule has 0 aromatic heterocycles. The van der Waals surface area contributed by atoms with E-state index in [-0.39, 0.29) is 10.8 Å². The SMILES string of the molecule is CN1C(=CP(=S)(/C=C2/N(C)c3ccccc3C2(C)C)OCCC23CC4CC(CC(C4)C2)C3)C(C)(C)c2ccccc21. The first kappa shape index (κ1) is 27.9. The molecule has 0 saturated heterocycles. The van der Waals surface area contributed by atoms with Crippen LogP contribution in [0.25, 0.3) is 0 Å². The molecule has 3 nitrogen and oxygen atoms in total. The van der Waals surface area contributed by atoms with Crippen molar-refractivity contribution in [3.8, 4) is 0 Å². The van der Waals surface area contributed by atoms with Crippen molar-refractivity contribution in [3.05, 3.63) is 82.7 Å². The van der Waals surface area contributed by atoms with Crippen LogP contribution >= 0.6 is 6.26 Å². The fourth-order valence-corrected chi connectivity index (χ4v) is 13.0. The van der Waals surface area contributed by atoms with Crippen LogP contribution in [0.4, 0.5) is 11.4 Å². The minimum atomic E-state index is -2.49. The Morgan fingerprint density at radius 2 is 1.17 bits per heavy atom. The first-order valence-corrected chi connectivity index (χ1v) is 18.6. The Morgan fingerprint density at radius 3 is 1.59 bits per heavy atom. The largest absolute Gasteiger partial charge is 0.347 e. The number of nitrogens with zero attached hydrogens (tertiary/aromatic N) is 2.